The third-order valence-electron chi connectivity index (χ3n) is 7.54. The van der Waals surface area contributed by atoms with E-state index in [1.54, 1.807) is 67.6 Å². The fourth-order valence-electron chi connectivity index (χ4n) is 5.11. The van der Waals surface area contributed by atoms with E-state index >= 15 is 0 Å². The average Bonchev–Trinajstić information content (AvgIpc) is 3.05. The molecule has 0 spiro atoms. The molecule has 0 saturated heterocycles. The highest BCUT2D eigenvalue weighted by atomic mass is 32.2. The highest BCUT2D eigenvalue weighted by Crippen LogP contribution is 2.28. The van der Waals surface area contributed by atoms with Crippen molar-refractivity contribution in [3.05, 3.63) is 114 Å². The Morgan fingerprint density at radius 2 is 1.55 bits per heavy atom. The summed E-state index contributed by atoms with van der Waals surface area (Å²) < 4.78 is 29.5. The fraction of sp³-hybridized carbons (Fsp3) is 0.229. The normalized spacial score (nSPS) is 12.4. The summed E-state index contributed by atoms with van der Waals surface area (Å²) >= 11 is 0. The fourth-order valence-corrected chi connectivity index (χ4v) is 5.87. The maximum atomic E-state index is 13.3. The van der Waals surface area contributed by atoms with E-state index in [9.17, 15) is 18.0 Å². The van der Waals surface area contributed by atoms with Gasteiger partial charge in [0.1, 0.15) is 5.84 Å². The first-order valence-corrected chi connectivity index (χ1v) is 16.7. The third kappa shape index (κ3) is 9.72. The lowest BCUT2D eigenvalue weighted by atomic mass is 10.1. The van der Waals surface area contributed by atoms with Crippen molar-refractivity contribution in [2.75, 3.05) is 29.9 Å². The van der Waals surface area contributed by atoms with Crippen LogP contribution in [0.15, 0.2) is 113 Å². The number of sulfonamides is 1. The first kappa shape index (κ1) is 34.8. The van der Waals surface area contributed by atoms with Crippen LogP contribution in [-0.4, -0.2) is 57.0 Å². The van der Waals surface area contributed by atoms with Crippen LogP contribution in [0.3, 0.4) is 0 Å². The smallest absolute Gasteiger partial charge is 0.429 e. The molecule has 5 N–H and O–H groups in total. The van der Waals surface area contributed by atoms with Crippen molar-refractivity contribution < 1.29 is 22.7 Å². The molecule has 47 heavy (non-hydrogen) atoms. The first-order chi connectivity index (χ1) is 22.5. The van der Waals surface area contributed by atoms with Crippen LogP contribution in [0.25, 0.3) is 11.1 Å². The molecule has 0 aliphatic carbocycles. The topological polar surface area (TPSA) is 160 Å². The van der Waals surface area contributed by atoms with Crippen LogP contribution in [0.5, 0.6) is 0 Å². The molecular formula is C35H40N6O5S. The van der Waals surface area contributed by atoms with Crippen molar-refractivity contribution in [1.29, 1.82) is 0 Å². The number of nitrogens with two attached hydrogens (primary N) is 2. The zero-order valence-electron chi connectivity index (χ0n) is 26.7. The van der Waals surface area contributed by atoms with Crippen molar-refractivity contribution >= 4 is 39.2 Å². The second-order valence-corrected chi connectivity index (χ2v) is 12.3. The lowest BCUT2D eigenvalue weighted by molar-refractivity contribution is -0.115. The molecule has 4 aromatic rings. The van der Waals surface area contributed by atoms with Crippen LogP contribution < -0.4 is 21.1 Å². The van der Waals surface area contributed by atoms with Gasteiger partial charge in [-0.25, -0.2) is 18.4 Å². The summed E-state index contributed by atoms with van der Waals surface area (Å²) in [6, 6.07) is 30.2. The first-order valence-electron chi connectivity index (χ1n) is 15.2. The third-order valence-corrected chi connectivity index (χ3v) is 8.51. The summed E-state index contributed by atoms with van der Waals surface area (Å²) in [5, 5.41) is 8.31. The van der Waals surface area contributed by atoms with Crippen LogP contribution in [0, 0.1) is 0 Å². The number of nitrogens with one attached hydrogen (secondary N) is 1. The minimum absolute atomic E-state index is 0.00296. The predicted molar refractivity (Wildman–Crippen MR) is 185 cm³/mol. The number of carbonyl (C=O) groups is 2. The van der Waals surface area contributed by atoms with Gasteiger partial charge in [-0.2, -0.15) is 4.99 Å². The summed E-state index contributed by atoms with van der Waals surface area (Å²) in [5.74, 6) is -0.281. The predicted octanol–water partition coefficient (Wildman–Crippen LogP) is 5.18. The number of amides is 2. The van der Waals surface area contributed by atoms with Crippen molar-refractivity contribution in [3.8, 4) is 11.1 Å². The Labute approximate surface area is 275 Å². The van der Waals surface area contributed by atoms with Crippen LogP contribution in [0.4, 0.5) is 16.2 Å². The Balaban J connectivity index is 1.52. The molecule has 0 bridgehead atoms. The Kier molecular flexibility index (Phi) is 11.8. The molecule has 0 saturated carbocycles. The number of aliphatic imine (C=N–C) groups is 1. The van der Waals surface area contributed by atoms with Gasteiger partial charge in [0.05, 0.1) is 11.4 Å². The molecule has 2 amide bonds. The van der Waals surface area contributed by atoms with E-state index < -0.39 is 22.3 Å². The summed E-state index contributed by atoms with van der Waals surface area (Å²) in [6.07, 6.45) is -1.23. The number of hydrogen-bond acceptors (Lipinski definition) is 7. The van der Waals surface area contributed by atoms with Gasteiger partial charge in [-0.15, -0.1) is 0 Å². The molecule has 11 nitrogen and oxygen atoms in total. The van der Waals surface area contributed by atoms with Crippen LogP contribution in [0.1, 0.15) is 31.9 Å². The summed E-state index contributed by atoms with van der Waals surface area (Å²) in [5.41, 5.74) is 10.0. The van der Waals surface area contributed by atoms with Gasteiger partial charge in [0.15, 0.2) is 6.23 Å². The maximum absolute atomic E-state index is 13.3. The number of benzene rings is 4. The highest BCUT2D eigenvalue weighted by molar-refractivity contribution is 7.89. The highest BCUT2D eigenvalue weighted by Gasteiger charge is 2.18. The molecular weight excluding hydrogens is 616 g/mol. The van der Waals surface area contributed by atoms with Gasteiger partial charge in [0.25, 0.3) is 0 Å². The van der Waals surface area contributed by atoms with E-state index in [1.165, 1.54) is 6.07 Å². The Bertz CT molecular complexity index is 1810. The zero-order valence-corrected chi connectivity index (χ0v) is 27.5. The van der Waals surface area contributed by atoms with Gasteiger partial charge in [0.2, 0.25) is 15.9 Å². The van der Waals surface area contributed by atoms with Crippen molar-refractivity contribution in [1.82, 2.24) is 4.90 Å². The average molecular weight is 657 g/mol. The van der Waals surface area contributed by atoms with Crippen LogP contribution >= 0.6 is 0 Å². The number of hydrogen-bond donors (Lipinski definition) is 3. The molecule has 4 rings (SSSR count). The van der Waals surface area contributed by atoms with E-state index in [0.717, 1.165) is 18.7 Å². The summed E-state index contributed by atoms with van der Waals surface area (Å²) in [7, 11) is -3.92. The second kappa shape index (κ2) is 16.0. The summed E-state index contributed by atoms with van der Waals surface area (Å²) in [6.45, 7) is 7.60. The van der Waals surface area contributed by atoms with E-state index in [2.05, 4.69) is 10.3 Å². The standard InChI is InChI=1S/C35H40N6O5S/c1-4-40(5-2)25(3)46-35(43)39-34(36)28-14-11-15-30(22-28)41(23-26-12-7-6-8-13-26)24-33(42)38-29-20-18-27(19-21-29)31-16-9-10-17-32(31)47(37,44)45/h6-22,25H,4-5,23-24H2,1-3H3,(H,38,42)(H2,36,39,43)(H2,37,44,45). The Morgan fingerprint density at radius 1 is 0.894 bits per heavy atom. The molecule has 12 heteroatoms. The minimum atomic E-state index is -3.92. The largest absolute Gasteiger partial charge is 0.437 e. The summed E-state index contributed by atoms with van der Waals surface area (Å²) in [4.78, 5) is 33.7. The molecule has 1 atom stereocenters. The quantitative estimate of drug-likeness (QED) is 0.101. The van der Waals surface area contributed by atoms with Crippen molar-refractivity contribution in [2.24, 2.45) is 15.9 Å². The lowest BCUT2D eigenvalue weighted by Crippen LogP contribution is -2.36. The molecule has 4 aromatic carbocycles. The van der Waals surface area contributed by atoms with Gasteiger partial charge < -0.3 is 20.7 Å². The van der Waals surface area contributed by atoms with Crippen LogP contribution in [0.2, 0.25) is 0 Å². The molecule has 0 aliphatic heterocycles. The van der Waals surface area contributed by atoms with E-state index in [0.29, 0.717) is 34.6 Å². The van der Waals surface area contributed by atoms with Gasteiger partial charge in [-0.1, -0.05) is 86.6 Å². The number of anilines is 2. The van der Waals surface area contributed by atoms with Gasteiger partial charge in [-0.05, 0) is 61.5 Å². The maximum Gasteiger partial charge on any atom is 0.437 e. The number of amidine groups is 1. The molecule has 0 radical (unpaired) electrons. The molecule has 1 unspecified atom stereocenters. The lowest BCUT2D eigenvalue weighted by Gasteiger charge is -2.25. The number of primary sulfonamides is 1. The monoisotopic (exact) mass is 656 g/mol. The SMILES string of the molecule is CCN(CC)C(C)OC(=O)N=C(N)c1cccc(N(CC(=O)Nc2ccc(-c3ccccc3S(N)(=O)=O)cc2)Cc2ccccc2)c1. The molecule has 0 aromatic heterocycles. The van der Waals surface area contributed by atoms with E-state index in [-0.39, 0.29) is 23.2 Å². The zero-order chi connectivity index (χ0) is 34.0. The number of nitrogens with zero attached hydrogens (tertiary/aromatic N) is 3. The van der Waals surface area contributed by atoms with E-state index in [4.69, 9.17) is 15.6 Å². The number of rotatable bonds is 13. The van der Waals surface area contributed by atoms with E-state index in [1.807, 2.05) is 60.0 Å². The molecule has 0 aliphatic rings. The van der Waals surface area contributed by atoms with Gasteiger partial charge in [0, 0.05) is 29.0 Å². The number of carbonyl (C=O) groups excluding carboxylic acids is 2. The van der Waals surface area contributed by atoms with Gasteiger partial charge >= 0.3 is 6.09 Å². The minimum Gasteiger partial charge on any atom is -0.429 e. The second-order valence-electron chi connectivity index (χ2n) is 10.8. The molecule has 0 fully saturated rings. The Hall–Kier alpha value is -5.04. The molecule has 0 heterocycles. The Morgan fingerprint density at radius 3 is 2.21 bits per heavy atom. The number of ether oxygens (including phenoxy) is 1. The van der Waals surface area contributed by atoms with Crippen molar-refractivity contribution in [2.45, 2.75) is 38.4 Å². The van der Waals surface area contributed by atoms with Gasteiger partial charge in [-0.3, -0.25) is 9.69 Å². The van der Waals surface area contributed by atoms with Crippen molar-refractivity contribution in [3.63, 3.8) is 0 Å². The van der Waals surface area contributed by atoms with Crippen LogP contribution in [-0.2, 0) is 26.1 Å². The molecule has 246 valence electrons.